The minimum Gasteiger partial charge on any atom is -0.495 e. The van der Waals surface area contributed by atoms with Crippen LogP contribution in [0.3, 0.4) is 0 Å². The van der Waals surface area contributed by atoms with Crippen LogP contribution in [0.2, 0.25) is 0 Å². The molecule has 5 nitrogen and oxygen atoms in total. The average molecular weight is 350 g/mol. The maximum absolute atomic E-state index is 12.9. The van der Waals surface area contributed by atoms with Gasteiger partial charge in [0.25, 0.3) is 0 Å². The first-order valence-corrected chi connectivity index (χ1v) is 9.57. The molecule has 2 aliphatic heterocycles. The molecule has 2 saturated heterocycles. The molecule has 0 spiro atoms. The topological polar surface area (TPSA) is 36.0 Å². The predicted molar refractivity (Wildman–Crippen MR) is 99.9 cm³/mol. The third kappa shape index (κ3) is 3.22. The lowest BCUT2D eigenvalue weighted by atomic mass is 9.96. The van der Waals surface area contributed by atoms with Gasteiger partial charge in [-0.25, -0.2) is 0 Å². The molecule has 0 aliphatic carbocycles. The Morgan fingerprint density at radius 2 is 2.04 bits per heavy atom. The second-order valence-corrected chi connectivity index (χ2v) is 8.17. The van der Waals surface area contributed by atoms with Gasteiger partial charge in [-0.05, 0) is 33.0 Å². The number of piperazine rings is 1. The molecule has 2 heterocycles. The van der Waals surface area contributed by atoms with Crippen molar-refractivity contribution in [2.45, 2.75) is 25.4 Å². The number of rotatable bonds is 3. The van der Waals surface area contributed by atoms with Crippen molar-refractivity contribution in [2.75, 3.05) is 50.3 Å². The number of methoxy groups -OCH3 is 1. The summed E-state index contributed by atoms with van der Waals surface area (Å²) in [5, 5.41) is 0. The van der Waals surface area contributed by atoms with Gasteiger partial charge in [0.15, 0.2) is 0 Å². The summed E-state index contributed by atoms with van der Waals surface area (Å²) in [6.07, 6.45) is 0. The molecule has 24 heavy (non-hydrogen) atoms. The van der Waals surface area contributed by atoms with Crippen LogP contribution >= 0.6 is 11.8 Å². The smallest absolute Gasteiger partial charge is 0.240 e. The summed E-state index contributed by atoms with van der Waals surface area (Å²) < 4.78 is 5.53. The van der Waals surface area contributed by atoms with Crippen LogP contribution in [0.1, 0.15) is 13.8 Å². The Hall–Kier alpha value is -1.40. The third-order valence-electron chi connectivity index (χ3n) is 4.98. The number of hydrogen-bond donors (Lipinski definition) is 0. The fraction of sp³-hybridized carbons (Fsp3) is 0.611. The maximum Gasteiger partial charge on any atom is 0.240 e. The zero-order valence-corrected chi connectivity index (χ0v) is 15.8. The highest BCUT2D eigenvalue weighted by molar-refractivity contribution is 7.99. The van der Waals surface area contributed by atoms with Crippen molar-refractivity contribution < 1.29 is 9.53 Å². The van der Waals surface area contributed by atoms with Gasteiger partial charge in [0.1, 0.15) is 5.75 Å². The van der Waals surface area contributed by atoms with Crippen LogP contribution in [0.5, 0.6) is 5.75 Å². The minimum atomic E-state index is -0.132. The highest BCUT2D eigenvalue weighted by Gasteiger charge is 2.40. The highest BCUT2D eigenvalue weighted by atomic mass is 32.2. The van der Waals surface area contributed by atoms with Gasteiger partial charge < -0.3 is 14.5 Å². The van der Waals surface area contributed by atoms with Crippen LogP contribution in [0.15, 0.2) is 24.3 Å². The van der Waals surface area contributed by atoms with Crippen LogP contribution in [0.25, 0.3) is 0 Å². The second kappa shape index (κ2) is 6.84. The summed E-state index contributed by atoms with van der Waals surface area (Å²) >= 11 is 1.84. The average Bonchev–Trinajstić information content (AvgIpc) is 2.99. The number of amides is 1. The fourth-order valence-electron chi connectivity index (χ4n) is 3.64. The number of anilines is 1. The second-order valence-electron chi connectivity index (χ2n) is 7.17. The molecule has 0 radical (unpaired) electrons. The quantitative estimate of drug-likeness (QED) is 0.835. The van der Waals surface area contributed by atoms with E-state index in [0.29, 0.717) is 0 Å². The lowest BCUT2D eigenvalue weighted by Crippen LogP contribution is -2.62. The van der Waals surface area contributed by atoms with E-state index in [0.717, 1.165) is 42.7 Å². The molecule has 1 atom stereocenters. The van der Waals surface area contributed by atoms with Crippen molar-refractivity contribution in [3.8, 4) is 5.75 Å². The van der Waals surface area contributed by atoms with Crippen molar-refractivity contribution in [1.82, 2.24) is 9.80 Å². The molecular weight excluding hydrogens is 322 g/mol. The Bertz CT molecular complexity index is 608. The number of para-hydroxylation sites is 2. The monoisotopic (exact) mass is 349 g/mol. The largest absolute Gasteiger partial charge is 0.495 e. The Kier molecular flexibility index (Phi) is 4.97. The predicted octanol–water partition coefficient (Wildman–Crippen LogP) is 2.13. The number of carbonyl (C=O) groups is 1. The van der Waals surface area contributed by atoms with E-state index in [2.05, 4.69) is 29.7 Å². The Morgan fingerprint density at radius 1 is 1.29 bits per heavy atom. The van der Waals surface area contributed by atoms with E-state index in [4.69, 9.17) is 4.74 Å². The highest BCUT2D eigenvalue weighted by Crippen LogP contribution is 2.35. The van der Waals surface area contributed by atoms with Gasteiger partial charge in [0.2, 0.25) is 5.91 Å². The SMILES string of the molecule is COc1ccccc1N1CCN(C(=O)[C@@H]2CSCN2C)CC1(C)C. The van der Waals surface area contributed by atoms with Crippen molar-refractivity contribution in [3.05, 3.63) is 24.3 Å². The molecule has 0 saturated carbocycles. The lowest BCUT2D eigenvalue weighted by molar-refractivity contribution is -0.136. The first-order chi connectivity index (χ1) is 11.4. The third-order valence-corrected chi connectivity index (χ3v) is 6.12. The Labute approximate surface area is 148 Å². The summed E-state index contributed by atoms with van der Waals surface area (Å²) in [4.78, 5) is 19.5. The summed E-state index contributed by atoms with van der Waals surface area (Å²) in [5.41, 5.74) is 0.970. The zero-order valence-electron chi connectivity index (χ0n) is 15.0. The molecule has 1 aromatic rings. The number of ether oxygens (including phenoxy) is 1. The first-order valence-electron chi connectivity index (χ1n) is 8.41. The van der Waals surface area contributed by atoms with Crippen LogP contribution < -0.4 is 9.64 Å². The molecule has 0 unspecified atom stereocenters. The van der Waals surface area contributed by atoms with Gasteiger partial charge in [0, 0.05) is 31.3 Å². The molecular formula is C18H27N3O2S. The van der Waals surface area contributed by atoms with E-state index in [9.17, 15) is 4.79 Å². The van der Waals surface area contributed by atoms with E-state index in [1.165, 1.54) is 0 Å². The van der Waals surface area contributed by atoms with E-state index in [1.54, 1.807) is 7.11 Å². The van der Waals surface area contributed by atoms with Crippen molar-refractivity contribution in [3.63, 3.8) is 0 Å². The number of hydrogen-bond acceptors (Lipinski definition) is 5. The Morgan fingerprint density at radius 3 is 2.67 bits per heavy atom. The van der Waals surface area contributed by atoms with Crippen LogP contribution in [-0.2, 0) is 4.79 Å². The molecule has 2 fully saturated rings. The lowest BCUT2D eigenvalue weighted by Gasteiger charge is -2.49. The summed E-state index contributed by atoms with van der Waals surface area (Å²) in [6.45, 7) is 6.72. The van der Waals surface area contributed by atoms with Gasteiger partial charge in [-0.2, -0.15) is 0 Å². The van der Waals surface area contributed by atoms with E-state index in [1.807, 2.05) is 41.9 Å². The first kappa shape index (κ1) is 17.4. The zero-order chi connectivity index (χ0) is 17.3. The normalized spacial score (nSPS) is 24.2. The van der Waals surface area contributed by atoms with Gasteiger partial charge in [0.05, 0.1) is 24.4 Å². The van der Waals surface area contributed by atoms with Crippen LogP contribution in [-0.4, -0.2) is 72.7 Å². The van der Waals surface area contributed by atoms with Crippen LogP contribution in [0, 0.1) is 0 Å². The van der Waals surface area contributed by atoms with Crippen molar-refractivity contribution in [2.24, 2.45) is 0 Å². The number of benzene rings is 1. The van der Waals surface area contributed by atoms with Gasteiger partial charge in [-0.3, -0.25) is 9.69 Å². The molecule has 0 bridgehead atoms. The standard InChI is InChI=1S/C18H27N3O2S/c1-18(2)12-20(17(22)15-11-24-13-19(15)3)9-10-21(18)14-7-5-6-8-16(14)23-4/h5-8,15H,9-13H2,1-4H3/t15-/m0/s1. The number of carbonyl (C=O) groups excluding carboxylic acids is 1. The van der Waals surface area contributed by atoms with E-state index >= 15 is 0 Å². The molecule has 1 amide bonds. The Balaban J connectivity index is 1.76. The number of nitrogens with zero attached hydrogens (tertiary/aromatic N) is 3. The van der Waals surface area contributed by atoms with E-state index in [-0.39, 0.29) is 17.5 Å². The summed E-state index contributed by atoms with van der Waals surface area (Å²) in [5.74, 6) is 3.01. The van der Waals surface area contributed by atoms with Gasteiger partial charge in [-0.15, -0.1) is 11.8 Å². The fourth-order valence-corrected chi connectivity index (χ4v) is 4.83. The molecule has 2 aliphatic rings. The number of likely N-dealkylation sites (N-methyl/N-ethyl adjacent to an activating group) is 1. The summed E-state index contributed by atoms with van der Waals surface area (Å²) in [7, 11) is 3.75. The van der Waals surface area contributed by atoms with E-state index < -0.39 is 0 Å². The molecule has 132 valence electrons. The molecule has 1 aromatic carbocycles. The summed E-state index contributed by atoms with van der Waals surface area (Å²) in [6, 6.07) is 8.15. The molecule has 0 N–H and O–H groups in total. The van der Waals surface area contributed by atoms with Crippen molar-refractivity contribution in [1.29, 1.82) is 0 Å². The van der Waals surface area contributed by atoms with Crippen LogP contribution in [0.4, 0.5) is 5.69 Å². The maximum atomic E-state index is 12.9. The van der Waals surface area contributed by atoms with Gasteiger partial charge >= 0.3 is 0 Å². The minimum absolute atomic E-state index is 0.0311. The number of thioether (sulfide) groups is 1. The molecule has 0 aromatic heterocycles. The van der Waals surface area contributed by atoms with Crippen molar-refractivity contribution >= 4 is 23.4 Å². The van der Waals surface area contributed by atoms with Gasteiger partial charge in [-0.1, -0.05) is 12.1 Å². The molecule has 6 heteroatoms. The molecule has 3 rings (SSSR count).